The molecule has 1 aliphatic carbocycles. The smallest absolute Gasteiger partial charge is 0.409 e. The zero-order chi connectivity index (χ0) is 43.3. The second-order valence-electron chi connectivity index (χ2n) is 15.6. The van der Waals surface area contributed by atoms with Crippen molar-refractivity contribution in [1.29, 1.82) is 5.26 Å². The van der Waals surface area contributed by atoms with Crippen molar-refractivity contribution in [3.8, 4) is 6.07 Å². The predicted octanol–water partition coefficient (Wildman–Crippen LogP) is 4.12. The summed E-state index contributed by atoms with van der Waals surface area (Å²) in [4.78, 5) is 61.3. The van der Waals surface area contributed by atoms with E-state index in [1.807, 2.05) is 20.8 Å². The van der Waals surface area contributed by atoms with Crippen LogP contribution in [-0.2, 0) is 27.1 Å². The molecule has 0 spiro atoms. The molecule has 3 aromatic rings. The molecule has 8 atom stereocenters. The van der Waals surface area contributed by atoms with Crippen LogP contribution in [0.5, 0.6) is 0 Å². The Morgan fingerprint density at radius 3 is 2.60 bits per heavy atom. The van der Waals surface area contributed by atoms with Crippen LogP contribution in [0.25, 0.3) is 11.2 Å². The molecular weight excluding hydrogens is 850 g/mol. The first kappa shape index (κ1) is 48.1. The highest BCUT2D eigenvalue weighted by Gasteiger charge is 2.51. The SMILES string of the molecule is CCC[SiH](O[C@H]1C(CN[P+](S)(OCCC#N)OCC2CCC(Nc3ncncn3)C2)[C@H](n2cnc3c(=O)[nH]c(NC(=O)C(C)C)nc32)O[C@@H]1CO)O[Si](O)(CCC)CCC. The van der Waals surface area contributed by atoms with Gasteiger partial charge in [-0.1, -0.05) is 53.9 Å². The highest BCUT2D eigenvalue weighted by molar-refractivity contribution is 8.48. The number of imidazole rings is 1. The van der Waals surface area contributed by atoms with Crippen LogP contribution in [0.3, 0.4) is 0 Å². The minimum Gasteiger partial charge on any atom is -0.417 e. The number of hydrogen-bond acceptors (Lipinski definition) is 18. The molecule has 1 saturated heterocycles. The zero-order valence-corrected chi connectivity index (χ0v) is 39.0. The van der Waals surface area contributed by atoms with Crippen LogP contribution in [0.2, 0.25) is 18.1 Å². The minimum absolute atomic E-state index is 0.0219. The van der Waals surface area contributed by atoms with Gasteiger partial charge in [0.2, 0.25) is 17.8 Å². The quantitative estimate of drug-likeness (QED) is 0.0273. The lowest BCUT2D eigenvalue weighted by atomic mass is 10.00. The van der Waals surface area contributed by atoms with E-state index in [0.29, 0.717) is 30.7 Å². The van der Waals surface area contributed by atoms with E-state index in [9.17, 15) is 24.8 Å². The standard InChI is InChI=1S/C36H60N11O9PSSi2/c1-6-14-59(56-60(51,15-7-2)16-8-3)55-30-27(34(54-28(30)19-48)47-23-41-29-31(47)44-36(46-33(29)50)45-32(49)24(4)5)18-42-57(58,52-13-9-12-37)53-20-25-10-11-26(17-25)43-35-39-21-38-22-40-35/h21-28,30,34,42,48,51,58-59H,6-11,13-20H2,1-5H3,(H2-,38,39,40,43,44,45,46,49,50)/p+1/t25?,26?,27?,28-,30+,34-,57?,59?/m1/s1. The Labute approximate surface area is 359 Å². The van der Waals surface area contributed by atoms with E-state index >= 15 is 0 Å². The predicted molar refractivity (Wildman–Crippen MR) is 233 cm³/mol. The molecule has 1 saturated carbocycles. The maximum absolute atomic E-state index is 13.2. The Hall–Kier alpha value is -2.99. The van der Waals surface area contributed by atoms with Gasteiger partial charge in [-0.25, -0.2) is 19.9 Å². The molecule has 0 bridgehead atoms. The summed E-state index contributed by atoms with van der Waals surface area (Å²) >= 11 is 4.97. The van der Waals surface area contributed by atoms with E-state index in [-0.39, 0.29) is 60.5 Å². The molecule has 1 aliphatic heterocycles. The van der Waals surface area contributed by atoms with Crippen molar-refractivity contribution >= 4 is 66.1 Å². The van der Waals surface area contributed by atoms with Crippen molar-refractivity contribution in [2.45, 2.75) is 122 Å². The number of fused-ring (bicyclic) bond motifs is 1. The number of nitrogens with one attached hydrogen (secondary N) is 4. The first-order valence-electron chi connectivity index (χ1n) is 20.9. The Bertz CT molecular complexity index is 1910. The molecule has 332 valence electrons. The number of nitriles is 1. The molecule has 5 unspecified atom stereocenters. The maximum atomic E-state index is 13.2. The fraction of sp³-hybridized carbons (Fsp3) is 0.722. The van der Waals surface area contributed by atoms with Gasteiger partial charge in [0.1, 0.15) is 38.2 Å². The van der Waals surface area contributed by atoms with Crippen molar-refractivity contribution in [1.82, 2.24) is 39.6 Å². The summed E-state index contributed by atoms with van der Waals surface area (Å²) in [6.07, 6.45) is 6.78. The summed E-state index contributed by atoms with van der Waals surface area (Å²) in [6, 6.07) is 4.02. The molecule has 20 nitrogen and oxygen atoms in total. The lowest BCUT2D eigenvalue weighted by Crippen LogP contribution is -2.48. The molecule has 4 heterocycles. The van der Waals surface area contributed by atoms with Crippen LogP contribution in [0.15, 0.2) is 23.8 Å². The van der Waals surface area contributed by atoms with Crippen molar-refractivity contribution in [3.05, 3.63) is 29.3 Å². The van der Waals surface area contributed by atoms with E-state index in [4.69, 9.17) is 34.6 Å². The summed E-state index contributed by atoms with van der Waals surface area (Å²) < 4.78 is 34.4. The van der Waals surface area contributed by atoms with Gasteiger partial charge in [0.05, 0.1) is 43.8 Å². The van der Waals surface area contributed by atoms with Crippen LogP contribution in [0, 0.1) is 29.1 Å². The third-order valence-electron chi connectivity index (χ3n) is 10.4. The summed E-state index contributed by atoms with van der Waals surface area (Å²) in [5, 5.41) is 29.6. The van der Waals surface area contributed by atoms with Gasteiger partial charge in [-0.15, -0.1) is 5.09 Å². The topological polar surface area (TPSA) is 266 Å². The largest absolute Gasteiger partial charge is 0.417 e. The fourth-order valence-corrected chi connectivity index (χ4v) is 16.4. The van der Waals surface area contributed by atoms with Gasteiger partial charge in [0, 0.05) is 24.4 Å². The number of aliphatic hydroxyl groups excluding tert-OH is 1. The van der Waals surface area contributed by atoms with Gasteiger partial charge < -0.3 is 28.5 Å². The molecular formula is C36H61N11O9PSSi2+. The first-order chi connectivity index (χ1) is 28.8. The van der Waals surface area contributed by atoms with E-state index < -0.39 is 61.4 Å². The van der Waals surface area contributed by atoms with Crippen LogP contribution >= 0.6 is 19.3 Å². The maximum Gasteiger partial charge on any atom is 0.409 e. The lowest BCUT2D eigenvalue weighted by molar-refractivity contribution is -0.118. The molecule has 24 heteroatoms. The molecule has 60 heavy (non-hydrogen) atoms. The molecule has 2 fully saturated rings. The number of rotatable bonds is 25. The Morgan fingerprint density at radius 2 is 1.93 bits per heavy atom. The minimum atomic E-state index is -3.17. The monoisotopic (exact) mass is 910 g/mol. The summed E-state index contributed by atoms with van der Waals surface area (Å²) in [6.45, 7) is 9.63. The third-order valence-corrected chi connectivity index (χ3v) is 20.2. The third kappa shape index (κ3) is 13.0. The van der Waals surface area contributed by atoms with Gasteiger partial charge in [-0.05, 0) is 43.3 Å². The first-order valence-corrected chi connectivity index (χ1v) is 27.7. The number of carbonyl (C=O) groups excluding carboxylic acids is 1. The number of ether oxygens (including phenoxy) is 1. The Morgan fingerprint density at radius 1 is 1.18 bits per heavy atom. The van der Waals surface area contributed by atoms with Crippen LogP contribution in [-0.4, -0.2) is 113 Å². The van der Waals surface area contributed by atoms with E-state index in [0.717, 1.165) is 38.5 Å². The highest BCUT2D eigenvalue weighted by Crippen LogP contribution is 2.62. The summed E-state index contributed by atoms with van der Waals surface area (Å²) in [7, 11) is -8.86. The van der Waals surface area contributed by atoms with Crippen molar-refractivity contribution < 1.29 is 37.0 Å². The number of anilines is 2. The lowest BCUT2D eigenvalue weighted by Gasteiger charge is -2.33. The summed E-state index contributed by atoms with van der Waals surface area (Å²) in [5.41, 5.74) is -0.394. The number of nitrogens with zero attached hydrogens (tertiary/aromatic N) is 7. The van der Waals surface area contributed by atoms with E-state index in [2.05, 4.69) is 51.7 Å². The number of carbonyl (C=O) groups is 1. The number of aromatic nitrogens is 7. The number of thiol groups is 1. The van der Waals surface area contributed by atoms with E-state index in [1.165, 1.54) is 19.0 Å². The van der Waals surface area contributed by atoms with Crippen LogP contribution < -0.4 is 21.3 Å². The van der Waals surface area contributed by atoms with Gasteiger partial charge in [-0.3, -0.25) is 24.5 Å². The molecule has 2 aliphatic rings. The second kappa shape index (κ2) is 22.9. The zero-order valence-electron chi connectivity index (χ0n) is 35.0. The number of amides is 1. The highest BCUT2D eigenvalue weighted by atomic mass is 32.7. The average Bonchev–Trinajstić information content (AvgIpc) is 3.94. The molecule has 6 N–H and O–H groups in total. The van der Waals surface area contributed by atoms with Gasteiger partial charge in [-0.2, -0.15) is 19.3 Å². The Kier molecular flexibility index (Phi) is 18.4. The van der Waals surface area contributed by atoms with E-state index in [1.54, 1.807) is 18.4 Å². The van der Waals surface area contributed by atoms with Gasteiger partial charge in [0.25, 0.3) is 5.56 Å². The number of aliphatic hydroxyl groups is 1. The molecule has 3 aromatic heterocycles. The molecule has 0 radical (unpaired) electrons. The molecule has 5 rings (SSSR count). The van der Waals surface area contributed by atoms with Crippen LogP contribution in [0.4, 0.5) is 11.9 Å². The fourth-order valence-electron chi connectivity index (χ4n) is 7.51. The Balaban J connectivity index is 1.45. The van der Waals surface area contributed by atoms with Gasteiger partial charge in [0.15, 0.2) is 11.2 Å². The molecule has 0 aromatic carbocycles. The second-order valence-corrected chi connectivity index (χ2v) is 24.6. The van der Waals surface area contributed by atoms with Crippen molar-refractivity contribution in [3.63, 3.8) is 0 Å². The normalized spacial score (nSPS) is 23.5. The molecule has 1 amide bonds. The number of aromatic amines is 1. The van der Waals surface area contributed by atoms with Crippen LogP contribution in [0.1, 0.15) is 85.8 Å². The average molecular weight is 911 g/mol. The van der Waals surface area contributed by atoms with Gasteiger partial charge >= 0.3 is 24.9 Å². The number of H-pyrrole nitrogens is 1. The van der Waals surface area contributed by atoms with Crippen molar-refractivity contribution in [2.24, 2.45) is 17.8 Å². The van der Waals surface area contributed by atoms with Crippen molar-refractivity contribution in [2.75, 3.05) is 37.0 Å². The summed E-state index contributed by atoms with van der Waals surface area (Å²) in [5.74, 6) is -0.693. The number of hydrogen-bond donors (Lipinski definition) is 7.